The Morgan fingerprint density at radius 2 is 1.95 bits per heavy atom. The first-order valence-corrected chi connectivity index (χ1v) is 13.0. The summed E-state index contributed by atoms with van der Waals surface area (Å²) in [7, 11) is 0. The number of carbonyl (C=O) groups is 2. The molecule has 37 heavy (non-hydrogen) atoms. The van der Waals surface area contributed by atoms with Gasteiger partial charge in [0, 0.05) is 40.8 Å². The zero-order chi connectivity index (χ0) is 26.1. The van der Waals surface area contributed by atoms with Crippen LogP contribution in [0.1, 0.15) is 45.7 Å². The number of hydrogen-bond donors (Lipinski definition) is 4. The number of fused-ring (bicyclic) bond motifs is 1. The number of likely N-dealkylation sites (tertiary alicyclic amines) is 1. The Kier molecular flexibility index (Phi) is 7.20. The molecule has 0 aliphatic carbocycles. The standard InChI is InChI=1S/C29H31ClN4O3/c1-17-25(32-18(2)26(17)29(37)31-15-21(35)16-34-11-3-4-12-34)14-23-27-22(19-7-5-8-20(30)13-19)9-6-10-24(27)33-28(23)36/h5-10,13-14,21,32,35H,3-4,11-12,15-16H2,1-2H3,(H,31,37)(H,33,36)/b23-14-/t21-/m0/s1. The first-order chi connectivity index (χ1) is 17.8. The number of β-amino-alcohol motifs (C(OH)–C–C–N with tert-alkyl or cyclic N) is 1. The van der Waals surface area contributed by atoms with Crippen molar-refractivity contribution in [3.05, 3.63) is 75.6 Å². The van der Waals surface area contributed by atoms with Gasteiger partial charge in [-0.05, 0) is 80.7 Å². The number of carbonyl (C=O) groups excluding carboxylic acids is 2. The summed E-state index contributed by atoms with van der Waals surface area (Å²) in [6.07, 6.45) is 3.49. The molecule has 4 N–H and O–H groups in total. The van der Waals surface area contributed by atoms with Crippen LogP contribution in [-0.2, 0) is 4.79 Å². The average Bonchev–Trinajstić information content (AvgIpc) is 3.56. The maximum Gasteiger partial charge on any atom is 0.256 e. The van der Waals surface area contributed by atoms with Gasteiger partial charge in [-0.15, -0.1) is 0 Å². The van der Waals surface area contributed by atoms with Gasteiger partial charge in [0.25, 0.3) is 11.8 Å². The average molecular weight is 519 g/mol. The Bertz CT molecular complexity index is 1390. The van der Waals surface area contributed by atoms with Crippen LogP contribution >= 0.6 is 11.6 Å². The van der Waals surface area contributed by atoms with Crippen LogP contribution in [0, 0.1) is 13.8 Å². The van der Waals surface area contributed by atoms with Crippen molar-refractivity contribution in [3.8, 4) is 11.1 Å². The topological polar surface area (TPSA) is 97.5 Å². The van der Waals surface area contributed by atoms with Gasteiger partial charge in [-0.3, -0.25) is 9.59 Å². The highest BCUT2D eigenvalue weighted by Gasteiger charge is 2.28. The molecule has 1 fully saturated rings. The fraction of sp³-hybridized carbons (Fsp3) is 0.310. The Labute approximate surface area is 221 Å². The van der Waals surface area contributed by atoms with E-state index in [1.807, 2.05) is 56.3 Å². The van der Waals surface area contributed by atoms with Crippen molar-refractivity contribution in [2.24, 2.45) is 0 Å². The number of aliphatic hydroxyl groups is 1. The van der Waals surface area contributed by atoms with E-state index in [0.29, 0.717) is 34.1 Å². The predicted molar refractivity (Wildman–Crippen MR) is 148 cm³/mol. The minimum absolute atomic E-state index is 0.189. The van der Waals surface area contributed by atoms with Crippen LogP contribution in [0.25, 0.3) is 22.8 Å². The third-order valence-electron chi connectivity index (χ3n) is 7.12. The Hall–Kier alpha value is -3.39. The molecule has 0 radical (unpaired) electrons. The first-order valence-electron chi connectivity index (χ1n) is 12.6. The zero-order valence-corrected chi connectivity index (χ0v) is 21.8. The molecule has 0 spiro atoms. The highest BCUT2D eigenvalue weighted by molar-refractivity contribution is 6.36. The van der Waals surface area contributed by atoms with Crippen LogP contribution in [0.15, 0.2) is 42.5 Å². The van der Waals surface area contributed by atoms with Gasteiger partial charge >= 0.3 is 0 Å². The fourth-order valence-electron chi connectivity index (χ4n) is 5.31. The Morgan fingerprint density at radius 3 is 2.70 bits per heavy atom. The van der Waals surface area contributed by atoms with E-state index in [4.69, 9.17) is 11.6 Å². The smallest absolute Gasteiger partial charge is 0.256 e. The van der Waals surface area contributed by atoms with Gasteiger partial charge in [0.15, 0.2) is 0 Å². The summed E-state index contributed by atoms with van der Waals surface area (Å²) in [4.78, 5) is 31.6. The number of anilines is 1. The van der Waals surface area contributed by atoms with Crippen LogP contribution < -0.4 is 10.6 Å². The van der Waals surface area contributed by atoms with E-state index in [1.165, 1.54) is 0 Å². The highest BCUT2D eigenvalue weighted by atomic mass is 35.5. The number of aromatic amines is 1. The van der Waals surface area contributed by atoms with Crippen molar-refractivity contribution in [2.45, 2.75) is 32.8 Å². The molecule has 7 nitrogen and oxygen atoms in total. The normalized spacial score (nSPS) is 17.2. The van der Waals surface area contributed by atoms with Crippen LogP contribution in [0.5, 0.6) is 0 Å². The summed E-state index contributed by atoms with van der Waals surface area (Å²) in [5, 5.41) is 16.8. The lowest BCUT2D eigenvalue weighted by atomic mass is 9.94. The fourth-order valence-corrected chi connectivity index (χ4v) is 5.50. The molecule has 192 valence electrons. The lowest BCUT2D eigenvalue weighted by molar-refractivity contribution is -0.110. The molecule has 2 amide bonds. The molecule has 2 aliphatic heterocycles. The Morgan fingerprint density at radius 1 is 1.19 bits per heavy atom. The molecule has 1 saturated heterocycles. The number of rotatable bonds is 7. The number of nitrogens with zero attached hydrogens (tertiary/aromatic N) is 1. The monoisotopic (exact) mass is 518 g/mol. The molecule has 5 rings (SSSR count). The summed E-state index contributed by atoms with van der Waals surface area (Å²) in [5.41, 5.74) is 6.55. The lowest BCUT2D eigenvalue weighted by Crippen LogP contribution is -2.39. The van der Waals surface area contributed by atoms with E-state index >= 15 is 0 Å². The molecule has 8 heteroatoms. The second kappa shape index (κ2) is 10.5. The van der Waals surface area contributed by atoms with Crippen molar-refractivity contribution in [3.63, 3.8) is 0 Å². The van der Waals surface area contributed by atoms with Crippen molar-refractivity contribution >= 4 is 40.8 Å². The Balaban J connectivity index is 1.41. The number of amides is 2. The number of nitrogens with one attached hydrogen (secondary N) is 3. The molecule has 3 heterocycles. The van der Waals surface area contributed by atoms with Crippen molar-refractivity contribution in [2.75, 3.05) is 31.5 Å². The molecule has 0 saturated carbocycles. The van der Waals surface area contributed by atoms with E-state index in [9.17, 15) is 14.7 Å². The second-order valence-corrected chi connectivity index (χ2v) is 10.2. The van der Waals surface area contributed by atoms with Gasteiger partial charge in [-0.1, -0.05) is 35.9 Å². The maximum atomic E-state index is 13.0. The minimum atomic E-state index is -0.619. The number of aliphatic hydroxyl groups excluding tert-OH is 1. The summed E-state index contributed by atoms with van der Waals surface area (Å²) in [6.45, 7) is 6.44. The number of aromatic nitrogens is 1. The van der Waals surface area contributed by atoms with Gasteiger partial charge in [-0.2, -0.15) is 0 Å². The van der Waals surface area contributed by atoms with E-state index in [1.54, 1.807) is 6.08 Å². The summed E-state index contributed by atoms with van der Waals surface area (Å²) in [5.74, 6) is -0.445. The lowest BCUT2D eigenvalue weighted by Gasteiger charge is -2.19. The van der Waals surface area contributed by atoms with Crippen LogP contribution in [-0.4, -0.2) is 59.1 Å². The summed E-state index contributed by atoms with van der Waals surface area (Å²) >= 11 is 6.24. The van der Waals surface area contributed by atoms with E-state index in [0.717, 1.165) is 53.9 Å². The van der Waals surface area contributed by atoms with Crippen molar-refractivity contribution < 1.29 is 14.7 Å². The number of halogens is 1. The molecule has 3 aromatic rings. The number of benzene rings is 2. The second-order valence-electron chi connectivity index (χ2n) is 9.79. The van der Waals surface area contributed by atoms with Gasteiger partial charge in [0.1, 0.15) is 0 Å². The zero-order valence-electron chi connectivity index (χ0n) is 21.0. The van der Waals surface area contributed by atoms with Crippen LogP contribution in [0.4, 0.5) is 5.69 Å². The largest absolute Gasteiger partial charge is 0.390 e. The van der Waals surface area contributed by atoms with Gasteiger partial charge < -0.3 is 25.6 Å². The molecule has 2 aliphatic rings. The predicted octanol–water partition coefficient (Wildman–Crippen LogP) is 4.63. The molecule has 1 aromatic heterocycles. The third kappa shape index (κ3) is 5.21. The van der Waals surface area contributed by atoms with Gasteiger partial charge in [0.2, 0.25) is 0 Å². The molecule has 0 bridgehead atoms. The molecule has 1 atom stereocenters. The maximum absolute atomic E-state index is 13.0. The van der Waals surface area contributed by atoms with E-state index in [2.05, 4.69) is 20.5 Å². The summed E-state index contributed by atoms with van der Waals surface area (Å²) < 4.78 is 0. The van der Waals surface area contributed by atoms with Gasteiger partial charge in [-0.25, -0.2) is 0 Å². The summed E-state index contributed by atoms with van der Waals surface area (Å²) in [6, 6.07) is 13.3. The van der Waals surface area contributed by atoms with E-state index < -0.39 is 6.10 Å². The molecule has 0 unspecified atom stereocenters. The molecular weight excluding hydrogens is 488 g/mol. The molecular formula is C29H31ClN4O3. The first kappa shape index (κ1) is 25.3. The van der Waals surface area contributed by atoms with Crippen molar-refractivity contribution in [1.29, 1.82) is 0 Å². The highest BCUT2D eigenvalue weighted by Crippen LogP contribution is 2.41. The minimum Gasteiger partial charge on any atom is -0.390 e. The quantitative estimate of drug-likeness (QED) is 0.343. The van der Waals surface area contributed by atoms with Crippen molar-refractivity contribution in [1.82, 2.24) is 15.2 Å². The number of hydrogen-bond acceptors (Lipinski definition) is 4. The third-order valence-corrected chi connectivity index (χ3v) is 7.36. The number of aryl methyl sites for hydroxylation is 1. The van der Waals surface area contributed by atoms with Crippen LogP contribution in [0.2, 0.25) is 5.02 Å². The van der Waals surface area contributed by atoms with Crippen LogP contribution in [0.3, 0.4) is 0 Å². The van der Waals surface area contributed by atoms with E-state index in [-0.39, 0.29) is 18.4 Å². The van der Waals surface area contributed by atoms with Gasteiger partial charge in [0.05, 0.1) is 17.2 Å². The SMILES string of the molecule is Cc1[nH]c(/C=C2\C(=O)Nc3cccc(-c4cccc(Cl)c4)c32)c(C)c1C(=O)NC[C@H](O)CN1CCCC1. The molecule has 2 aromatic carbocycles. The number of H-pyrrole nitrogens is 1.